The SMILES string of the molecule is Cn1c(=O)c2c(ncn2CC(=O)OCCCOC(=O)c2cccnc2)n(C)c1=O. The predicted octanol–water partition coefficient (Wildman–Crippen LogP) is -0.381. The summed E-state index contributed by atoms with van der Waals surface area (Å²) in [7, 11) is 2.85. The van der Waals surface area contributed by atoms with Crippen LogP contribution in [0, 0.1) is 0 Å². The molecule has 0 radical (unpaired) electrons. The van der Waals surface area contributed by atoms with E-state index in [1.54, 1.807) is 18.3 Å². The molecule has 0 spiro atoms. The molecule has 3 rings (SSSR count). The van der Waals surface area contributed by atoms with Crippen molar-refractivity contribution in [1.82, 2.24) is 23.7 Å². The maximum absolute atomic E-state index is 12.3. The first-order valence-electron chi connectivity index (χ1n) is 8.73. The van der Waals surface area contributed by atoms with E-state index in [2.05, 4.69) is 9.97 Å². The number of aromatic nitrogens is 5. The van der Waals surface area contributed by atoms with Crippen molar-refractivity contribution in [3.8, 4) is 0 Å². The number of carbonyl (C=O) groups excluding carboxylic acids is 2. The molecule has 3 heterocycles. The molecule has 29 heavy (non-hydrogen) atoms. The summed E-state index contributed by atoms with van der Waals surface area (Å²) in [5, 5.41) is 0. The molecule has 0 N–H and O–H groups in total. The van der Waals surface area contributed by atoms with Gasteiger partial charge >= 0.3 is 17.6 Å². The summed E-state index contributed by atoms with van der Waals surface area (Å²) in [6.07, 6.45) is 4.58. The highest BCUT2D eigenvalue weighted by atomic mass is 16.5. The van der Waals surface area contributed by atoms with Gasteiger partial charge < -0.3 is 14.0 Å². The third kappa shape index (κ3) is 4.23. The van der Waals surface area contributed by atoms with E-state index < -0.39 is 23.2 Å². The van der Waals surface area contributed by atoms with Crippen molar-refractivity contribution in [2.75, 3.05) is 13.2 Å². The minimum absolute atomic E-state index is 0.0439. The number of hydrogen-bond donors (Lipinski definition) is 0. The zero-order valence-corrected chi connectivity index (χ0v) is 15.9. The summed E-state index contributed by atoms with van der Waals surface area (Å²) in [5.74, 6) is -1.09. The number of esters is 2. The van der Waals surface area contributed by atoms with Gasteiger partial charge in [0.15, 0.2) is 11.2 Å². The number of aryl methyl sites for hydroxylation is 1. The molecule has 0 amide bonds. The Morgan fingerprint density at radius 2 is 1.86 bits per heavy atom. The highest BCUT2D eigenvalue weighted by Gasteiger charge is 2.16. The van der Waals surface area contributed by atoms with Crippen molar-refractivity contribution in [3.63, 3.8) is 0 Å². The topological polar surface area (TPSA) is 127 Å². The van der Waals surface area contributed by atoms with Gasteiger partial charge in [-0.25, -0.2) is 14.6 Å². The van der Waals surface area contributed by atoms with Crippen molar-refractivity contribution in [3.05, 3.63) is 57.3 Å². The summed E-state index contributed by atoms with van der Waals surface area (Å²) in [6.45, 7) is -0.112. The molecule has 11 nitrogen and oxygen atoms in total. The Labute approximate surface area is 164 Å². The van der Waals surface area contributed by atoms with Crippen LogP contribution < -0.4 is 11.2 Å². The van der Waals surface area contributed by atoms with E-state index in [0.717, 1.165) is 4.57 Å². The number of carbonyl (C=O) groups is 2. The molecule has 152 valence electrons. The average Bonchev–Trinajstić information content (AvgIpc) is 3.14. The Kier molecular flexibility index (Phi) is 5.86. The van der Waals surface area contributed by atoms with Crippen LogP contribution in [0.3, 0.4) is 0 Å². The quantitative estimate of drug-likeness (QED) is 0.387. The van der Waals surface area contributed by atoms with Crippen molar-refractivity contribution in [1.29, 1.82) is 0 Å². The zero-order chi connectivity index (χ0) is 21.0. The van der Waals surface area contributed by atoms with Crippen LogP contribution in [-0.4, -0.2) is 48.8 Å². The molecule has 0 saturated heterocycles. The molecule has 0 aliphatic carbocycles. The fraction of sp³-hybridized carbons (Fsp3) is 0.333. The van der Waals surface area contributed by atoms with E-state index >= 15 is 0 Å². The third-order valence-corrected chi connectivity index (χ3v) is 4.20. The van der Waals surface area contributed by atoms with E-state index in [4.69, 9.17) is 9.47 Å². The highest BCUT2D eigenvalue weighted by Crippen LogP contribution is 2.06. The zero-order valence-electron chi connectivity index (χ0n) is 15.9. The van der Waals surface area contributed by atoms with Crippen molar-refractivity contribution in [2.24, 2.45) is 14.1 Å². The molecule has 0 fully saturated rings. The fourth-order valence-electron chi connectivity index (χ4n) is 2.68. The lowest BCUT2D eigenvalue weighted by Gasteiger charge is -2.08. The molecule has 0 unspecified atom stereocenters. The van der Waals surface area contributed by atoms with E-state index in [0.29, 0.717) is 12.0 Å². The standard InChI is InChI=1S/C18H19N5O6/c1-21-15-14(16(25)22(2)18(21)27)23(11-20-15)10-13(24)28-7-4-8-29-17(26)12-5-3-6-19-9-12/h3,5-6,9,11H,4,7-8,10H2,1-2H3. The van der Waals surface area contributed by atoms with E-state index in [9.17, 15) is 19.2 Å². The minimum atomic E-state index is -0.584. The second-order valence-corrected chi connectivity index (χ2v) is 6.20. The first kappa shape index (κ1) is 20.0. The first-order chi connectivity index (χ1) is 13.9. The van der Waals surface area contributed by atoms with Crippen molar-refractivity contribution < 1.29 is 19.1 Å². The normalized spacial score (nSPS) is 10.8. The molecule has 3 aromatic rings. The highest BCUT2D eigenvalue weighted by molar-refractivity contribution is 5.88. The molecule has 0 aliphatic rings. The summed E-state index contributed by atoms with van der Waals surface area (Å²) in [4.78, 5) is 55.9. The Morgan fingerprint density at radius 1 is 1.10 bits per heavy atom. The van der Waals surface area contributed by atoms with Gasteiger partial charge in [-0.3, -0.25) is 23.7 Å². The molecule has 0 aromatic carbocycles. The van der Waals surface area contributed by atoms with Gasteiger partial charge in [0, 0.05) is 32.9 Å². The second kappa shape index (κ2) is 8.50. The summed E-state index contributed by atoms with van der Waals surface area (Å²) in [6, 6.07) is 3.22. The predicted molar refractivity (Wildman–Crippen MR) is 100 cm³/mol. The first-order valence-corrected chi connectivity index (χ1v) is 8.73. The van der Waals surface area contributed by atoms with Crippen molar-refractivity contribution in [2.45, 2.75) is 13.0 Å². The third-order valence-electron chi connectivity index (χ3n) is 4.20. The Morgan fingerprint density at radius 3 is 2.59 bits per heavy atom. The van der Waals surface area contributed by atoms with E-state index in [1.165, 1.54) is 35.8 Å². The number of fused-ring (bicyclic) bond motifs is 1. The lowest BCUT2D eigenvalue weighted by molar-refractivity contribution is -0.144. The number of hydrogen-bond acceptors (Lipinski definition) is 8. The Bertz CT molecular complexity index is 1160. The number of rotatable bonds is 7. The van der Waals surface area contributed by atoms with Crippen LogP contribution in [-0.2, 0) is 34.9 Å². The van der Waals surface area contributed by atoms with Crippen LogP contribution in [0.4, 0.5) is 0 Å². The van der Waals surface area contributed by atoms with Gasteiger partial charge in [-0.05, 0) is 12.1 Å². The van der Waals surface area contributed by atoms with Gasteiger partial charge in [0.1, 0.15) is 6.54 Å². The van der Waals surface area contributed by atoms with Gasteiger partial charge in [-0.15, -0.1) is 0 Å². The molecule has 11 heteroatoms. The molecule has 3 aromatic heterocycles. The number of ether oxygens (including phenoxy) is 2. The maximum Gasteiger partial charge on any atom is 0.339 e. The fourth-order valence-corrected chi connectivity index (χ4v) is 2.68. The number of pyridine rings is 1. The van der Waals surface area contributed by atoms with Gasteiger partial charge in [0.25, 0.3) is 5.56 Å². The summed E-state index contributed by atoms with van der Waals surface area (Å²) in [5.41, 5.74) is -0.385. The largest absolute Gasteiger partial charge is 0.464 e. The Balaban J connectivity index is 1.52. The molecular formula is C18H19N5O6. The number of imidazole rings is 1. The summed E-state index contributed by atoms with van der Waals surface area (Å²) < 4.78 is 13.7. The average molecular weight is 401 g/mol. The monoisotopic (exact) mass is 401 g/mol. The van der Waals surface area contributed by atoms with Crippen LogP contribution in [0.1, 0.15) is 16.8 Å². The molecule has 0 bridgehead atoms. The van der Waals surface area contributed by atoms with Crippen LogP contribution in [0.15, 0.2) is 40.4 Å². The number of nitrogens with zero attached hydrogens (tertiary/aromatic N) is 5. The van der Waals surface area contributed by atoms with Crippen molar-refractivity contribution >= 4 is 23.1 Å². The lowest BCUT2D eigenvalue weighted by atomic mass is 10.3. The molecule has 0 atom stereocenters. The molecule has 0 saturated carbocycles. The van der Waals surface area contributed by atoms with Crippen LogP contribution >= 0.6 is 0 Å². The second-order valence-electron chi connectivity index (χ2n) is 6.20. The molecular weight excluding hydrogens is 382 g/mol. The van der Waals surface area contributed by atoms with Gasteiger partial charge in [-0.1, -0.05) is 0 Å². The van der Waals surface area contributed by atoms with Crippen LogP contribution in [0.2, 0.25) is 0 Å². The van der Waals surface area contributed by atoms with Gasteiger partial charge in [0.05, 0.1) is 25.1 Å². The summed E-state index contributed by atoms with van der Waals surface area (Å²) >= 11 is 0. The van der Waals surface area contributed by atoms with Gasteiger partial charge in [-0.2, -0.15) is 0 Å². The Hall–Kier alpha value is -3.76. The maximum atomic E-state index is 12.3. The smallest absolute Gasteiger partial charge is 0.339 e. The van der Waals surface area contributed by atoms with E-state index in [1.807, 2.05) is 0 Å². The lowest BCUT2D eigenvalue weighted by Crippen LogP contribution is -2.37. The van der Waals surface area contributed by atoms with Gasteiger partial charge in [0.2, 0.25) is 0 Å². The minimum Gasteiger partial charge on any atom is -0.464 e. The van der Waals surface area contributed by atoms with Crippen LogP contribution in [0.5, 0.6) is 0 Å². The van der Waals surface area contributed by atoms with E-state index in [-0.39, 0.29) is 30.9 Å². The molecule has 0 aliphatic heterocycles. The van der Waals surface area contributed by atoms with Crippen LogP contribution in [0.25, 0.3) is 11.2 Å².